The Morgan fingerprint density at radius 2 is 2.07 bits per heavy atom. The zero-order valence-corrected chi connectivity index (χ0v) is 8.82. The zero-order chi connectivity index (χ0) is 10.6. The Hall–Kier alpha value is -0.810. The summed E-state index contributed by atoms with van der Waals surface area (Å²) in [6.07, 6.45) is 1.52. The van der Waals surface area contributed by atoms with Gasteiger partial charge in [0, 0.05) is 19.1 Å². The van der Waals surface area contributed by atoms with E-state index in [1.165, 1.54) is 0 Å². The minimum atomic E-state index is -0.213. The van der Waals surface area contributed by atoms with Crippen LogP contribution in [0.4, 0.5) is 4.79 Å². The van der Waals surface area contributed by atoms with E-state index >= 15 is 0 Å². The van der Waals surface area contributed by atoms with Gasteiger partial charge in [0.15, 0.2) is 0 Å². The molecule has 1 fully saturated rings. The molecule has 0 unspecified atom stereocenters. The average Bonchev–Trinajstić information content (AvgIpc) is 2.17. The molecule has 0 spiro atoms. The van der Waals surface area contributed by atoms with Crippen LogP contribution in [0.2, 0.25) is 0 Å². The highest BCUT2D eigenvalue weighted by molar-refractivity contribution is 5.67. The van der Waals surface area contributed by atoms with E-state index in [4.69, 9.17) is 10.6 Å². The third kappa shape index (κ3) is 3.16. The van der Waals surface area contributed by atoms with Crippen molar-refractivity contribution in [3.8, 4) is 0 Å². The second kappa shape index (κ2) is 5.17. The first-order chi connectivity index (χ1) is 6.63. The Morgan fingerprint density at radius 3 is 2.50 bits per heavy atom. The maximum atomic E-state index is 11.5. The van der Waals surface area contributed by atoms with Gasteiger partial charge in [-0.1, -0.05) is 0 Å². The Bertz CT molecular complexity index is 188. The second-order valence-corrected chi connectivity index (χ2v) is 3.86. The maximum Gasteiger partial charge on any atom is 0.410 e. The predicted molar refractivity (Wildman–Crippen MR) is 53.5 cm³/mol. The number of nitrogens with one attached hydrogen (secondary N) is 1. The van der Waals surface area contributed by atoms with Crippen molar-refractivity contribution in [1.82, 2.24) is 10.3 Å². The van der Waals surface area contributed by atoms with Gasteiger partial charge in [-0.25, -0.2) is 4.79 Å². The average molecular weight is 201 g/mol. The molecule has 0 saturated carbocycles. The lowest BCUT2D eigenvalue weighted by molar-refractivity contribution is 0.0679. The summed E-state index contributed by atoms with van der Waals surface area (Å²) in [4.78, 5) is 13.2. The van der Waals surface area contributed by atoms with E-state index in [-0.39, 0.29) is 12.2 Å². The summed E-state index contributed by atoms with van der Waals surface area (Å²) in [5.74, 6) is 5.32. The fraction of sp³-hybridized carbons (Fsp3) is 0.889. The van der Waals surface area contributed by atoms with E-state index in [9.17, 15) is 4.79 Å². The van der Waals surface area contributed by atoms with Crippen LogP contribution >= 0.6 is 0 Å². The van der Waals surface area contributed by atoms with Crippen LogP contribution in [0, 0.1) is 0 Å². The van der Waals surface area contributed by atoms with Gasteiger partial charge in [0.2, 0.25) is 0 Å². The normalized spacial score (nSPS) is 18.7. The lowest BCUT2D eigenvalue weighted by atomic mass is 10.1. The number of hydrazine groups is 1. The molecule has 0 radical (unpaired) electrons. The zero-order valence-electron chi connectivity index (χ0n) is 8.82. The second-order valence-electron chi connectivity index (χ2n) is 3.86. The lowest BCUT2D eigenvalue weighted by Gasteiger charge is -2.31. The highest BCUT2D eigenvalue weighted by Gasteiger charge is 2.23. The summed E-state index contributed by atoms with van der Waals surface area (Å²) in [6, 6.07) is 0.332. The number of hydrogen-bond acceptors (Lipinski definition) is 4. The van der Waals surface area contributed by atoms with E-state index in [2.05, 4.69) is 5.43 Å². The van der Waals surface area contributed by atoms with Gasteiger partial charge >= 0.3 is 6.09 Å². The van der Waals surface area contributed by atoms with E-state index < -0.39 is 0 Å². The summed E-state index contributed by atoms with van der Waals surface area (Å²) < 4.78 is 5.09. The minimum Gasteiger partial charge on any atom is -0.447 e. The maximum absolute atomic E-state index is 11.5. The molecule has 0 aliphatic carbocycles. The Morgan fingerprint density at radius 1 is 1.50 bits per heavy atom. The molecular weight excluding hydrogens is 182 g/mol. The van der Waals surface area contributed by atoms with Gasteiger partial charge in [-0.05, 0) is 26.7 Å². The van der Waals surface area contributed by atoms with Gasteiger partial charge in [-0.2, -0.15) is 0 Å². The van der Waals surface area contributed by atoms with Gasteiger partial charge in [-0.3, -0.25) is 11.3 Å². The molecule has 3 N–H and O–H groups in total. The van der Waals surface area contributed by atoms with Gasteiger partial charge in [-0.15, -0.1) is 0 Å². The Balaban J connectivity index is 2.30. The van der Waals surface area contributed by atoms with Crippen molar-refractivity contribution in [3.63, 3.8) is 0 Å². The number of likely N-dealkylation sites (tertiary alicyclic amines) is 1. The topological polar surface area (TPSA) is 67.6 Å². The first kappa shape index (κ1) is 11.3. The van der Waals surface area contributed by atoms with Crippen molar-refractivity contribution in [2.75, 3.05) is 13.1 Å². The molecule has 1 amide bonds. The van der Waals surface area contributed by atoms with Gasteiger partial charge in [0.25, 0.3) is 0 Å². The Kier molecular flexibility index (Phi) is 4.16. The first-order valence-corrected chi connectivity index (χ1v) is 5.05. The molecule has 1 heterocycles. The molecular formula is C9H19N3O2. The smallest absolute Gasteiger partial charge is 0.410 e. The summed E-state index contributed by atoms with van der Waals surface area (Å²) in [6.45, 7) is 5.15. The molecule has 1 aliphatic heterocycles. The summed E-state index contributed by atoms with van der Waals surface area (Å²) >= 11 is 0. The Labute approximate surface area is 84.5 Å². The van der Waals surface area contributed by atoms with E-state index in [1.54, 1.807) is 4.90 Å². The highest BCUT2D eigenvalue weighted by Crippen LogP contribution is 2.11. The van der Waals surface area contributed by atoms with Crippen LogP contribution in [0.1, 0.15) is 26.7 Å². The number of rotatable bonds is 2. The van der Waals surface area contributed by atoms with Crippen molar-refractivity contribution in [1.29, 1.82) is 0 Å². The summed E-state index contributed by atoms with van der Waals surface area (Å²) in [7, 11) is 0. The van der Waals surface area contributed by atoms with Crippen molar-refractivity contribution in [2.24, 2.45) is 5.84 Å². The first-order valence-electron chi connectivity index (χ1n) is 5.05. The number of amides is 1. The molecule has 0 aromatic rings. The number of hydrogen-bond donors (Lipinski definition) is 2. The largest absolute Gasteiger partial charge is 0.447 e. The van der Waals surface area contributed by atoms with Crippen LogP contribution in [0.5, 0.6) is 0 Å². The predicted octanol–water partition coefficient (Wildman–Crippen LogP) is 0.459. The van der Waals surface area contributed by atoms with Crippen molar-refractivity contribution >= 4 is 6.09 Å². The number of ether oxygens (including phenoxy) is 1. The lowest BCUT2D eigenvalue weighted by Crippen LogP contribution is -2.47. The van der Waals surface area contributed by atoms with Crippen LogP contribution in [0.3, 0.4) is 0 Å². The standard InChI is InChI=1S/C9H19N3O2/c1-7(2)14-9(13)12-5-3-8(11-10)4-6-12/h7-8,11H,3-6,10H2,1-2H3. The molecule has 14 heavy (non-hydrogen) atoms. The third-order valence-corrected chi connectivity index (χ3v) is 2.33. The number of piperidine rings is 1. The van der Waals surface area contributed by atoms with Crippen LogP contribution in [0.15, 0.2) is 0 Å². The molecule has 0 aromatic heterocycles. The third-order valence-electron chi connectivity index (χ3n) is 2.33. The molecule has 1 saturated heterocycles. The fourth-order valence-corrected chi connectivity index (χ4v) is 1.50. The molecule has 1 rings (SSSR count). The number of nitrogens with two attached hydrogens (primary N) is 1. The molecule has 0 atom stereocenters. The van der Waals surface area contributed by atoms with Crippen molar-refractivity contribution in [3.05, 3.63) is 0 Å². The monoisotopic (exact) mass is 201 g/mol. The van der Waals surface area contributed by atoms with Crippen LogP contribution in [-0.4, -0.2) is 36.2 Å². The summed E-state index contributed by atoms with van der Waals surface area (Å²) in [5, 5.41) is 0. The quantitative estimate of drug-likeness (QED) is 0.503. The number of carbonyl (C=O) groups is 1. The molecule has 1 aliphatic rings. The van der Waals surface area contributed by atoms with Crippen LogP contribution in [0.25, 0.3) is 0 Å². The minimum absolute atomic E-state index is 0.0483. The van der Waals surface area contributed by atoms with Crippen molar-refractivity contribution < 1.29 is 9.53 Å². The van der Waals surface area contributed by atoms with Gasteiger partial charge in [0.05, 0.1) is 6.10 Å². The van der Waals surface area contributed by atoms with Gasteiger partial charge < -0.3 is 9.64 Å². The fourth-order valence-electron chi connectivity index (χ4n) is 1.50. The molecule has 0 aromatic carbocycles. The summed E-state index contributed by atoms with van der Waals surface area (Å²) in [5.41, 5.74) is 2.73. The van der Waals surface area contributed by atoms with Gasteiger partial charge in [0.1, 0.15) is 0 Å². The van der Waals surface area contributed by atoms with Crippen LogP contribution in [-0.2, 0) is 4.74 Å². The molecule has 82 valence electrons. The molecule has 5 heteroatoms. The van der Waals surface area contributed by atoms with Crippen LogP contribution < -0.4 is 11.3 Å². The highest BCUT2D eigenvalue weighted by atomic mass is 16.6. The molecule has 5 nitrogen and oxygen atoms in total. The number of carbonyl (C=O) groups excluding carboxylic acids is 1. The van der Waals surface area contributed by atoms with E-state index in [1.807, 2.05) is 13.8 Å². The van der Waals surface area contributed by atoms with E-state index in [0.29, 0.717) is 6.04 Å². The van der Waals surface area contributed by atoms with E-state index in [0.717, 1.165) is 25.9 Å². The van der Waals surface area contributed by atoms with Crippen molar-refractivity contribution in [2.45, 2.75) is 38.8 Å². The number of nitrogens with zero attached hydrogens (tertiary/aromatic N) is 1. The molecule has 0 bridgehead atoms. The SMILES string of the molecule is CC(C)OC(=O)N1CCC(NN)CC1.